The first-order valence-corrected chi connectivity index (χ1v) is 7.94. The minimum atomic E-state index is 0.190. The van der Waals surface area contributed by atoms with Crippen LogP contribution in [0.25, 0.3) is 0 Å². The summed E-state index contributed by atoms with van der Waals surface area (Å²) in [6, 6.07) is 1.67. The molecule has 0 radical (unpaired) electrons. The van der Waals surface area contributed by atoms with Gasteiger partial charge in [0, 0.05) is 37.5 Å². The molecule has 8 heteroatoms. The molecule has 0 bridgehead atoms. The molecule has 0 N–H and O–H groups in total. The fraction of sp³-hybridized carbons (Fsp3) is 0.500. The van der Waals surface area contributed by atoms with E-state index in [-0.39, 0.29) is 6.10 Å². The molecule has 2 aromatic rings. The highest BCUT2D eigenvalue weighted by atomic mass is 32.1. The van der Waals surface area contributed by atoms with E-state index >= 15 is 0 Å². The summed E-state index contributed by atoms with van der Waals surface area (Å²) in [6.07, 6.45) is 3.76. The van der Waals surface area contributed by atoms with Crippen molar-refractivity contribution in [1.82, 2.24) is 15.0 Å². The average molecular weight is 322 g/mol. The van der Waals surface area contributed by atoms with Gasteiger partial charge in [-0.2, -0.15) is 9.97 Å². The van der Waals surface area contributed by atoms with E-state index in [1.165, 1.54) is 11.3 Å². The number of ether oxygens (including phenoxy) is 3. The first-order valence-electron chi connectivity index (χ1n) is 7.06. The minimum Gasteiger partial charge on any atom is -0.481 e. The summed E-state index contributed by atoms with van der Waals surface area (Å²) in [5.41, 5.74) is 0. The summed E-state index contributed by atoms with van der Waals surface area (Å²) in [6.45, 7) is 1.65. The Morgan fingerprint density at radius 3 is 2.36 bits per heavy atom. The number of aromatic nitrogens is 3. The zero-order valence-corrected chi connectivity index (χ0v) is 13.4. The molecule has 0 unspecified atom stereocenters. The van der Waals surface area contributed by atoms with Gasteiger partial charge in [-0.15, -0.1) is 0 Å². The van der Waals surface area contributed by atoms with E-state index in [1.54, 1.807) is 26.5 Å². The highest BCUT2D eigenvalue weighted by Crippen LogP contribution is 2.25. The highest BCUT2D eigenvalue weighted by molar-refractivity contribution is 7.11. The van der Waals surface area contributed by atoms with E-state index in [2.05, 4.69) is 19.9 Å². The molecule has 1 aliphatic heterocycles. The van der Waals surface area contributed by atoms with Crippen LogP contribution in [-0.2, 0) is 0 Å². The van der Waals surface area contributed by atoms with Crippen LogP contribution >= 0.6 is 11.3 Å². The van der Waals surface area contributed by atoms with Crippen molar-refractivity contribution >= 4 is 17.3 Å². The van der Waals surface area contributed by atoms with Gasteiger partial charge in [-0.05, 0) is 0 Å². The van der Waals surface area contributed by atoms with Crippen LogP contribution in [0.1, 0.15) is 12.8 Å². The van der Waals surface area contributed by atoms with E-state index < -0.39 is 0 Å². The van der Waals surface area contributed by atoms with Crippen molar-refractivity contribution < 1.29 is 14.2 Å². The first kappa shape index (κ1) is 14.8. The van der Waals surface area contributed by atoms with Gasteiger partial charge in [-0.25, -0.2) is 4.98 Å². The number of rotatable bonds is 5. The quantitative estimate of drug-likeness (QED) is 0.834. The molecule has 22 heavy (non-hydrogen) atoms. The summed E-state index contributed by atoms with van der Waals surface area (Å²) in [5.74, 6) is 1.63. The van der Waals surface area contributed by atoms with Crippen LogP contribution in [0.4, 0.5) is 5.95 Å². The molecule has 1 fully saturated rings. The third-order valence-corrected chi connectivity index (χ3v) is 4.15. The molecule has 0 saturated carbocycles. The van der Waals surface area contributed by atoms with Crippen molar-refractivity contribution in [2.45, 2.75) is 18.9 Å². The zero-order valence-electron chi connectivity index (χ0n) is 12.6. The van der Waals surface area contributed by atoms with Crippen LogP contribution in [0.2, 0.25) is 0 Å². The molecule has 1 aliphatic rings. The summed E-state index contributed by atoms with van der Waals surface area (Å²) < 4.78 is 16.2. The Hall–Kier alpha value is -2.09. The van der Waals surface area contributed by atoms with Crippen molar-refractivity contribution in [3.63, 3.8) is 0 Å². The molecule has 1 saturated heterocycles. The van der Waals surface area contributed by atoms with Crippen LogP contribution < -0.4 is 19.1 Å². The van der Waals surface area contributed by atoms with Gasteiger partial charge in [0.2, 0.25) is 17.7 Å². The summed E-state index contributed by atoms with van der Waals surface area (Å²) in [4.78, 5) is 15.0. The number of hydrogen-bond acceptors (Lipinski definition) is 8. The van der Waals surface area contributed by atoms with Crippen LogP contribution in [0.15, 0.2) is 17.6 Å². The first-order chi connectivity index (χ1) is 10.8. The molecule has 0 atom stereocenters. The number of hydrogen-bond donors (Lipinski definition) is 0. The van der Waals surface area contributed by atoms with Crippen LogP contribution in [0.5, 0.6) is 17.0 Å². The van der Waals surface area contributed by atoms with Gasteiger partial charge >= 0.3 is 0 Å². The van der Waals surface area contributed by atoms with Crippen LogP contribution in [0, 0.1) is 0 Å². The average Bonchev–Trinajstić information content (AvgIpc) is 3.08. The maximum Gasteiger partial charge on any atom is 0.273 e. The Balaban J connectivity index is 1.63. The summed E-state index contributed by atoms with van der Waals surface area (Å²) in [5, 5.41) is 2.65. The lowest BCUT2D eigenvalue weighted by Crippen LogP contribution is -2.39. The zero-order chi connectivity index (χ0) is 15.4. The summed E-state index contributed by atoms with van der Waals surface area (Å²) >= 11 is 1.52. The molecule has 0 aliphatic carbocycles. The van der Waals surface area contributed by atoms with Crippen molar-refractivity contribution in [3.8, 4) is 17.0 Å². The fourth-order valence-electron chi connectivity index (χ4n) is 2.33. The van der Waals surface area contributed by atoms with E-state index in [4.69, 9.17) is 14.2 Å². The minimum absolute atomic E-state index is 0.190. The molecule has 7 nitrogen and oxygen atoms in total. The molecule has 0 aromatic carbocycles. The number of anilines is 1. The Kier molecular flexibility index (Phi) is 4.57. The molecule has 0 amide bonds. The highest BCUT2D eigenvalue weighted by Gasteiger charge is 2.23. The Morgan fingerprint density at radius 2 is 1.82 bits per heavy atom. The number of thiazole rings is 1. The van der Waals surface area contributed by atoms with Gasteiger partial charge in [0.1, 0.15) is 6.10 Å². The van der Waals surface area contributed by atoms with E-state index in [0.29, 0.717) is 17.7 Å². The van der Waals surface area contributed by atoms with E-state index in [1.807, 2.05) is 5.38 Å². The molecule has 3 heterocycles. The summed E-state index contributed by atoms with van der Waals surface area (Å²) in [7, 11) is 3.17. The van der Waals surface area contributed by atoms with Crippen molar-refractivity contribution in [3.05, 3.63) is 17.6 Å². The predicted molar refractivity (Wildman–Crippen MR) is 83.1 cm³/mol. The van der Waals surface area contributed by atoms with Gasteiger partial charge in [-0.1, -0.05) is 11.3 Å². The van der Waals surface area contributed by atoms with Gasteiger partial charge in [0.25, 0.3) is 5.19 Å². The maximum atomic E-state index is 5.86. The van der Waals surface area contributed by atoms with Gasteiger partial charge < -0.3 is 19.1 Å². The molecule has 2 aromatic heterocycles. The molecule has 3 rings (SSSR count). The molecule has 0 spiro atoms. The van der Waals surface area contributed by atoms with Crippen molar-refractivity contribution in [2.24, 2.45) is 0 Å². The third kappa shape index (κ3) is 3.38. The normalized spacial score (nSPS) is 15.6. The van der Waals surface area contributed by atoms with Crippen molar-refractivity contribution in [2.75, 3.05) is 32.2 Å². The van der Waals surface area contributed by atoms with Crippen LogP contribution in [-0.4, -0.2) is 48.4 Å². The molecule has 118 valence electrons. The van der Waals surface area contributed by atoms with Crippen LogP contribution in [0.3, 0.4) is 0 Å². The third-order valence-electron chi connectivity index (χ3n) is 3.49. The van der Waals surface area contributed by atoms with Crippen molar-refractivity contribution in [1.29, 1.82) is 0 Å². The Labute approximate surface area is 132 Å². The van der Waals surface area contributed by atoms with Gasteiger partial charge in [0.15, 0.2) is 0 Å². The smallest absolute Gasteiger partial charge is 0.273 e. The Bertz CT molecular complexity index is 578. The lowest BCUT2D eigenvalue weighted by atomic mass is 10.1. The second kappa shape index (κ2) is 6.78. The predicted octanol–water partition coefficient (Wildman–Crippen LogP) is 2.00. The largest absolute Gasteiger partial charge is 0.481 e. The lowest BCUT2D eigenvalue weighted by molar-refractivity contribution is 0.169. The number of methoxy groups -OCH3 is 2. The second-order valence-corrected chi connectivity index (χ2v) is 5.71. The van der Waals surface area contributed by atoms with Gasteiger partial charge in [-0.3, -0.25) is 0 Å². The number of piperidine rings is 1. The molecular formula is C14H18N4O3S. The standard InChI is InChI=1S/C14H18N4O3S/c1-19-11-9-12(20-2)17-13(16-11)18-6-3-10(4-7-18)21-14-15-5-8-22-14/h5,8-10H,3-4,6-7H2,1-2H3. The topological polar surface area (TPSA) is 69.6 Å². The lowest BCUT2D eigenvalue weighted by Gasteiger charge is -2.31. The monoisotopic (exact) mass is 322 g/mol. The fourth-order valence-corrected chi connectivity index (χ4v) is 2.88. The second-order valence-electron chi connectivity index (χ2n) is 4.85. The van der Waals surface area contributed by atoms with Gasteiger partial charge in [0.05, 0.1) is 20.3 Å². The maximum absolute atomic E-state index is 5.86. The molecular weight excluding hydrogens is 304 g/mol. The SMILES string of the molecule is COc1cc(OC)nc(N2CCC(Oc3nccs3)CC2)n1. The van der Waals surface area contributed by atoms with E-state index in [0.717, 1.165) is 31.1 Å². The van der Waals surface area contributed by atoms with E-state index in [9.17, 15) is 0 Å². The Morgan fingerprint density at radius 1 is 1.14 bits per heavy atom. The number of nitrogens with zero attached hydrogens (tertiary/aromatic N) is 4.